The number of ether oxygens (including phenoxy) is 2. The number of anilines is 2. The third-order valence-corrected chi connectivity index (χ3v) is 5.13. The van der Waals surface area contributed by atoms with E-state index in [1.54, 1.807) is 48.7 Å². The van der Waals surface area contributed by atoms with Crippen molar-refractivity contribution >= 4 is 51.4 Å². The summed E-state index contributed by atoms with van der Waals surface area (Å²) >= 11 is 11.5. The van der Waals surface area contributed by atoms with E-state index in [2.05, 4.69) is 4.98 Å². The molecule has 0 fully saturated rings. The predicted octanol–water partition coefficient (Wildman–Crippen LogP) is 5.00. The summed E-state index contributed by atoms with van der Waals surface area (Å²) in [5.74, 6) is 0.910. The van der Waals surface area contributed by atoms with E-state index < -0.39 is 5.91 Å². The molecule has 10 heteroatoms. The zero-order valence-electron chi connectivity index (χ0n) is 17.4. The maximum atomic E-state index is 11.6. The van der Waals surface area contributed by atoms with E-state index in [1.165, 1.54) is 19.2 Å². The quantitative estimate of drug-likeness (QED) is 0.234. The maximum absolute atomic E-state index is 11.6. The van der Waals surface area contributed by atoms with Gasteiger partial charge in [-0.3, -0.25) is 9.78 Å². The molecule has 0 radical (unpaired) electrons. The second-order valence-corrected chi connectivity index (χ2v) is 7.55. The summed E-state index contributed by atoms with van der Waals surface area (Å²) in [6.45, 7) is 0. The molecule has 8 nitrogen and oxygen atoms in total. The summed E-state index contributed by atoms with van der Waals surface area (Å²) in [6.07, 6.45) is 1.60. The molecular formula is C23H20Cl2N4O4. The molecule has 170 valence electrons. The highest BCUT2D eigenvalue weighted by molar-refractivity contribution is 6.33. The summed E-state index contributed by atoms with van der Waals surface area (Å²) in [6, 6.07) is 14.3. The van der Waals surface area contributed by atoms with Gasteiger partial charge < -0.3 is 31.8 Å². The summed E-state index contributed by atoms with van der Waals surface area (Å²) in [5, 5.41) is 10.2. The molecule has 4 rings (SSSR count). The molecule has 0 unspecified atom stereocenters. The Morgan fingerprint density at radius 3 is 2.18 bits per heavy atom. The van der Waals surface area contributed by atoms with Gasteiger partial charge in [0.25, 0.3) is 5.91 Å². The van der Waals surface area contributed by atoms with Gasteiger partial charge in [0.15, 0.2) is 0 Å². The minimum Gasteiger partial charge on any atom is -0.508 e. The number of primary amides is 1. The van der Waals surface area contributed by atoms with Crippen molar-refractivity contribution in [3.05, 3.63) is 76.4 Å². The normalized spacial score (nSPS) is 10.3. The molecule has 0 aliphatic heterocycles. The second-order valence-electron chi connectivity index (χ2n) is 6.73. The molecule has 0 aliphatic carbocycles. The van der Waals surface area contributed by atoms with E-state index in [1.807, 2.05) is 0 Å². The van der Waals surface area contributed by atoms with E-state index >= 15 is 0 Å². The highest BCUT2D eigenvalue weighted by Gasteiger charge is 2.14. The van der Waals surface area contributed by atoms with Crippen LogP contribution in [-0.2, 0) is 0 Å². The lowest BCUT2D eigenvalue weighted by Crippen LogP contribution is -2.12. The number of phenols is 1. The molecule has 1 aromatic heterocycles. The number of nitrogen functional groups attached to an aromatic ring is 2. The summed E-state index contributed by atoms with van der Waals surface area (Å²) < 4.78 is 11.1. The van der Waals surface area contributed by atoms with Crippen LogP contribution in [0.1, 0.15) is 10.4 Å². The number of carbonyl (C=O) groups is 1. The number of nitrogens with two attached hydrogens (primary N) is 3. The van der Waals surface area contributed by atoms with Crippen molar-refractivity contribution in [2.45, 2.75) is 0 Å². The fraction of sp³-hybridized carbons (Fsp3) is 0.0435. The number of carbonyl (C=O) groups excluding carboxylic acids is 1. The number of methoxy groups -OCH3 is 1. The lowest BCUT2D eigenvalue weighted by Gasteiger charge is -2.12. The molecule has 3 aromatic carbocycles. The molecule has 1 amide bonds. The third kappa shape index (κ3) is 5.68. The van der Waals surface area contributed by atoms with Crippen LogP contribution < -0.4 is 26.7 Å². The predicted molar refractivity (Wildman–Crippen MR) is 130 cm³/mol. The first-order valence-corrected chi connectivity index (χ1v) is 10.2. The Balaban J connectivity index is 0.000000286. The van der Waals surface area contributed by atoms with E-state index in [0.29, 0.717) is 49.6 Å². The number of halogens is 2. The smallest absolute Gasteiger partial charge is 0.252 e. The van der Waals surface area contributed by atoms with Gasteiger partial charge in [0.1, 0.15) is 23.0 Å². The number of nitrogens with zero attached hydrogens (tertiary/aromatic N) is 1. The van der Waals surface area contributed by atoms with Crippen LogP contribution in [0.25, 0.3) is 10.9 Å². The second kappa shape index (κ2) is 10.2. The molecular weight excluding hydrogens is 467 g/mol. The van der Waals surface area contributed by atoms with Gasteiger partial charge in [0, 0.05) is 29.8 Å². The molecule has 0 spiro atoms. The lowest BCUT2D eigenvalue weighted by molar-refractivity contribution is 0.0997. The Morgan fingerprint density at radius 1 is 0.939 bits per heavy atom. The van der Waals surface area contributed by atoms with Crippen LogP contribution in [0, 0.1) is 0 Å². The van der Waals surface area contributed by atoms with E-state index in [9.17, 15) is 4.79 Å². The first kappa shape index (κ1) is 23.8. The molecule has 0 bridgehead atoms. The number of pyridine rings is 1. The van der Waals surface area contributed by atoms with E-state index in [4.69, 9.17) is 55.0 Å². The van der Waals surface area contributed by atoms with Crippen molar-refractivity contribution in [3.63, 3.8) is 0 Å². The van der Waals surface area contributed by atoms with Crippen molar-refractivity contribution in [2.75, 3.05) is 18.6 Å². The molecule has 7 N–H and O–H groups in total. The minimum atomic E-state index is -0.598. The van der Waals surface area contributed by atoms with Crippen molar-refractivity contribution in [3.8, 4) is 23.0 Å². The van der Waals surface area contributed by atoms with Crippen molar-refractivity contribution < 1.29 is 19.4 Å². The van der Waals surface area contributed by atoms with E-state index in [0.717, 1.165) is 0 Å². The average Bonchev–Trinajstić information content (AvgIpc) is 2.78. The van der Waals surface area contributed by atoms with Gasteiger partial charge in [0.2, 0.25) is 0 Å². The summed E-state index contributed by atoms with van der Waals surface area (Å²) in [5.41, 5.74) is 18.2. The summed E-state index contributed by atoms with van der Waals surface area (Å²) in [4.78, 5) is 15.9. The first-order chi connectivity index (χ1) is 15.7. The molecule has 1 heterocycles. The number of amides is 1. The van der Waals surface area contributed by atoms with Crippen molar-refractivity contribution in [2.24, 2.45) is 5.73 Å². The Bertz CT molecular complexity index is 1330. The molecule has 0 aliphatic rings. The number of aromatic hydroxyl groups is 1. The lowest BCUT2D eigenvalue weighted by atomic mass is 10.1. The minimum absolute atomic E-state index is 0.134. The highest BCUT2D eigenvalue weighted by atomic mass is 35.5. The maximum Gasteiger partial charge on any atom is 0.252 e. The fourth-order valence-electron chi connectivity index (χ4n) is 2.81. The number of fused-ring (bicyclic) bond motifs is 1. The molecule has 0 atom stereocenters. The SMILES string of the molecule is COc1cc2nccc(Oc3ccc(N)c(Cl)c3)c2cc1C(N)=O.Nc1ccc(O)cc1Cl. The van der Waals surface area contributed by atoms with Crippen LogP contribution >= 0.6 is 23.2 Å². The van der Waals surface area contributed by atoms with Crippen LogP contribution in [0.2, 0.25) is 10.0 Å². The fourth-order valence-corrected chi connectivity index (χ4v) is 3.16. The van der Waals surface area contributed by atoms with Gasteiger partial charge in [-0.05, 0) is 36.4 Å². The number of hydrogen-bond acceptors (Lipinski definition) is 7. The Morgan fingerprint density at radius 2 is 1.61 bits per heavy atom. The van der Waals surface area contributed by atoms with Gasteiger partial charge in [-0.25, -0.2) is 0 Å². The van der Waals surface area contributed by atoms with Gasteiger partial charge in [0.05, 0.1) is 39.6 Å². The molecule has 4 aromatic rings. The van der Waals surface area contributed by atoms with Gasteiger partial charge in [-0.2, -0.15) is 0 Å². The van der Waals surface area contributed by atoms with Gasteiger partial charge >= 0.3 is 0 Å². The Hall–Kier alpha value is -3.88. The van der Waals surface area contributed by atoms with Crippen LogP contribution in [-0.4, -0.2) is 23.1 Å². The molecule has 33 heavy (non-hydrogen) atoms. The Labute approximate surface area is 199 Å². The van der Waals surface area contributed by atoms with Gasteiger partial charge in [-0.15, -0.1) is 0 Å². The average molecular weight is 487 g/mol. The number of rotatable bonds is 4. The third-order valence-electron chi connectivity index (χ3n) is 4.47. The molecule has 0 saturated carbocycles. The van der Waals surface area contributed by atoms with Crippen LogP contribution in [0.4, 0.5) is 11.4 Å². The zero-order chi connectivity index (χ0) is 24.1. The monoisotopic (exact) mass is 486 g/mol. The first-order valence-electron chi connectivity index (χ1n) is 9.43. The van der Waals surface area contributed by atoms with E-state index in [-0.39, 0.29) is 11.3 Å². The molecule has 0 saturated heterocycles. The van der Waals surface area contributed by atoms with Crippen molar-refractivity contribution in [1.29, 1.82) is 0 Å². The largest absolute Gasteiger partial charge is 0.508 e. The van der Waals surface area contributed by atoms with Crippen LogP contribution in [0.15, 0.2) is 60.8 Å². The standard InChI is InChI=1S/C17H14ClN3O3.C6H6ClNO/c1-23-16-8-14-10(7-11(16)17(20)22)15(4-5-21-14)24-9-2-3-13(19)12(18)6-9;7-5-3-4(9)1-2-6(5)8/h2-8H,19H2,1H3,(H2,20,22);1-3,9H,8H2. The Kier molecular flexibility index (Phi) is 7.32. The zero-order valence-corrected chi connectivity index (χ0v) is 18.9. The topological polar surface area (TPSA) is 147 Å². The van der Waals surface area contributed by atoms with Gasteiger partial charge in [-0.1, -0.05) is 23.2 Å². The highest BCUT2D eigenvalue weighted by Crippen LogP contribution is 2.34. The number of phenolic OH excluding ortho intramolecular Hbond substituents is 1. The number of aromatic nitrogens is 1. The van der Waals surface area contributed by atoms with Crippen molar-refractivity contribution in [1.82, 2.24) is 4.98 Å². The number of benzene rings is 3. The summed E-state index contributed by atoms with van der Waals surface area (Å²) in [7, 11) is 1.46. The van der Waals surface area contributed by atoms with Crippen LogP contribution in [0.3, 0.4) is 0 Å². The number of hydrogen-bond donors (Lipinski definition) is 4. The van der Waals surface area contributed by atoms with Crippen LogP contribution in [0.5, 0.6) is 23.0 Å².